The Labute approximate surface area is 181 Å². The van der Waals surface area contributed by atoms with Gasteiger partial charge in [0.05, 0.1) is 11.6 Å². The monoisotopic (exact) mass is 438 g/mol. The second-order valence-corrected chi connectivity index (χ2v) is 7.60. The topological polar surface area (TPSA) is 134 Å². The van der Waals surface area contributed by atoms with Gasteiger partial charge < -0.3 is 10.2 Å². The van der Waals surface area contributed by atoms with Gasteiger partial charge in [-0.1, -0.05) is 41.7 Å². The van der Waals surface area contributed by atoms with Crippen LogP contribution in [0.3, 0.4) is 0 Å². The van der Waals surface area contributed by atoms with Crippen molar-refractivity contribution in [2.24, 2.45) is 0 Å². The van der Waals surface area contributed by atoms with Crippen molar-refractivity contribution >= 4 is 39.9 Å². The van der Waals surface area contributed by atoms with E-state index in [2.05, 4.69) is 15.2 Å². The molecule has 1 atom stereocenters. The smallest absolute Gasteiger partial charge is 0.301 e. The molecule has 1 saturated heterocycles. The molecule has 0 radical (unpaired) electrons. The summed E-state index contributed by atoms with van der Waals surface area (Å²) in [5, 5.41) is 27.2. The predicted octanol–water partition coefficient (Wildman–Crippen LogP) is 2.96. The molecule has 0 saturated carbocycles. The molecule has 0 spiro atoms. The van der Waals surface area contributed by atoms with Crippen molar-refractivity contribution in [3.05, 3.63) is 76.6 Å². The number of hydrogen-bond donors (Lipinski definition) is 2. The number of ketones is 1. The Hall–Kier alpha value is -3.92. The maximum Gasteiger partial charge on any atom is 0.301 e. The Bertz CT molecular complexity index is 1140. The molecule has 1 aliphatic rings. The largest absolute Gasteiger partial charge is 0.507 e. The molecule has 3 heterocycles. The molecule has 3 aromatic rings. The minimum atomic E-state index is -0.833. The zero-order chi connectivity index (χ0) is 22.5. The molecule has 9 nitrogen and oxygen atoms in total. The third-order valence-electron chi connectivity index (χ3n) is 4.23. The van der Waals surface area contributed by atoms with Crippen LogP contribution in [0.25, 0.3) is 5.76 Å². The second kappa shape index (κ2) is 9.26. The van der Waals surface area contributed by atoms with Gasteiger partial charge in [-0.05, 0) is 24.6 Å². The number of pyridine rings is 1. The number of aliphatic carboxylic acids is 1. The molecular weight excluding hydrogens is 420 g/mol. The number of carbonyl (C=O) groups excluding carboxylic acids is 2. The summed E-state index contributed by atoms with van der Waals surface area (Å²) in [5.74, 6) is -2.57. The fraction of sp³-hybridized carbons (Fsp3) is 0.143. The number of Topliss-reactive ketones (excluding diaryl/α,β-unsaturated/α-hetero) is 1. The molecule has 31 heavy (non-hydrogen) atoms. The van der Waals surface area contributed by atoms with Crippen molar-refractivity contribution in [1.82, 2.24) is 15.2 Å². The molecule has 1 aliphatic heterocycles. The van der Waals surface area contributed by atoms with Crippen LogP contribution in [0.5, 0.6) is 0 Å². The van der Waals surface area contributed by atoms with Gasteiger partial charge in [-0.15, -0.1) is 10.2 Å². The predicted molar refractivity (Wildman–Crippen MR) is 113 cm³/mol. The van der Waals surface area contributed by atoms with Gasteiger partial charge in [-0.3, -0.25) is 24.3 Å². The van der Waals surface area contributed by atoms with E-state index in [0.717, 1.165) is 6.92 Å². The zero-order valence-corrected chi connectivity index (χ0v) is 17.4. The molecule has 1 fully saturated rings. The number of carbonyl (C=O) groups is 3. The van der Waals surface area contributed by atoms with Gasteiger partial charge in [0.15, 0.2) is 0 Å². The molecule has 1 amide bonds. The normalized spacial score (nSPS) is 17.2. The molecule has 10 heteroatoms. The van der Waals surface area contributed by atoms with Crippen LogP contribution in [-0.2, 0) is 14.4 Å². The van der Waals surface area contributed by atoms with Gasteiger partial charge in [-0.25, -0.2) is 0 Å². The van der Waals surface area contributed by atoms with Crippen molar-refractivity contribution < 1.29 is 24.6 Å². The average Bonchev–Trinajstić information content (AvgIpc) is 3.29. The highest BCUT2D eigenvalue weighted by atomic mass is 32.1. The second-order valence-electron chi connectivity index (χ2n) is 6.44. The Morgan fingerprint density at radius 3 is 2.19 bits per heavy atom. The minimum Gasteiger partial charge on any atom is -0.507 e. The Kier molecular flexibility index (Phi) is 6.51. The number of aliphatic hydroxyl groups excluding tert-OH is 1. The number of carboxylic acids is 1. The number of aryl methyl sites for hydroxylation is 1. The lowest BCUT2D eigenvalue weighted by Gasteiger charge is -2.22. The first-order valence-corrected chi connectivity index (χ1v) is 9.89. The third-order valence-corrected chi connectivity index (χ3v) is 5.07. The van der Waals surface area contributed by atoms with E-state index in [4.69, 9.17) is 9.90 Å². The van der Waals surface area contributed by atoms with Gasteiger partial charge >= 0.3 is 5.91 Å². The van der Waals surface area contributed by atoms with Crippen LogP contribution in [-0.4, -0.2) is 43.1 Å². The molecule has 158 valence electrons. The maximum atomic E-state index is 12.8. The molecule has 2 N–H and O–H groups in total. The molecule has 2 aromatic heterocycles. The molecule has 1 aromatic carbocycles. The van der Waals surface area contributed by atoms with Crippen molar-refractivity contribution in [2.45, 2.75) is 19.9 Å². The lowest BCUT2D eigenvalue weighted by molar-refractivity contribution is -0.134. The molecule has 0 aliphatic carbocycles. The van der Waals surface area contributed by atoms with Crippen molar-refractivity contribution in [3.63, 3.8) is 0 Å². The number of carboxylic acid groups (broad SMARTS) is 1. The van der Waals surface area contributed by atoms with Crippen LogP contribution in [0.4, 0.5) is 5.13 Å². The van der Waals surface area contributed by atoms with Gasteiger partial charge in [-0.2, -0.15) is 0 Å². The van der Waals surface area contributed by atoms with Crippen LogP contribution in [0.1, 0.15) is 29.1 Å². The van der Waals surface area contributed by atoms with E-state index in [1.165, 1.54) is 28.6 Å². The summed E-state index contributed by atoms with van der Waals surface area (Å²) in [4.78, 5) is 39.8. The molecule has 0 bridgehead atoms. The summed E-state index contributed by atoms with van der Waals surface area (Å²) in [6.07, 6.45) is 3.02. The number of nitrogens with zero attached hydrogens (tertiary/aromatic N) is 4. The molecule has 1 unspecified atom stereocenters. The van der Waals surface area contributed by atoms with Crippen molar-refractivity contribution in [3.8, 4) is 0 Å². The first kappa shape index (κ1) is 21.8. The Morgan fingerprint density at radius 2 is 1.65 bits per heavy atom. The fourth-order valence-corrected chi connectivity index (χ4v) is 3.74. The maximum absolute atomic E-state index is 12.8. The highest BCUT2D eigenvalue weighted by Crippen LogP contribution is 2.42. The summed E-state index contributed by atoms with van der Waals surface area (Å²) in [5.41, 5.74) is 1.13. The van der Waals surface area contributed by atoms with Gasteiger partial charge in [0.25, 0.3) is 11.8 Å². The Balaban J connectivity index is 0.000000628. The quantitative estimate of drug-likeness (QED) is 0.362. The van der Waals surface area contributed by atoms with E-state index < -0.39 is 23.7 Å². The van der Waals surface area contributed by atoms with Gasteiger partial charge in [0, 0.05) is 24.9 Å². The SMILES string of the molecule is CC(=O)O.Cc1nnc(N2C(=O)C(=O)C(=C(O)c3ccncc3)C2c2ccccc2)s1. The van der Waals surface area contributed by atoms with Crippen LogP contribution >= 0.6 is 11.3 Å². The summed E-state index contributed by atoms with van der Waals surface area (Å²) in [6.45, 7) is 2.85. The number of aromatic nitrogens is 3. The fourth-order valence-electron chi connectivity index (χ4n) is 3.03. The summed E-state index contributed by atoms with van der Waals surface area (Å²) in [6, 6.07) is 11.5. The van der Waals surface area contributed by atoms with Crippen molar-refractivity contribution in [1.29, 1.82) is 0 Å². The number of hydrogen-bond acceptors (Lipinski definition) is 8. The van der Waals surface area contributed by atoms with Crippen LogP contribution in [0.15, 0.2) is 60.4 Å². The number of aliphatic hydroxyl groups is 1. The number of amides is 1. The zero-order valence-electron chi connectivity index (χ0n) is 16.6. The van der Waals surface area contributed by atoms with Gasteiger partial charge in [0.2, 0.25) is 5.13 Å². The summed E-state index contributed by atoms with van der Waals surface area (Å²) in [7, 11) is 0. The summed E-state index contributed by atoms with van der Waals surface area (Å²) < 4.78 is 0. The number of benzene rings is 1. The lowest BCUT2D eigenvalue weighted by Crippen LogP contribution is -2.29. The van der Waals surface area contributed by atoms with E-state index >= 15 is 0 Å². The summed E-state index contributed by atoms with van der Waals surface area (Å²) >= 11 is 1.22. The van der Waals surface area contributed by atoms with E-state index in [9.17, 15) is 14.7 Å². The molecule has 4 rings (SSSR count). The molecular formula is C21H18N4O5S. The third kappa shape index (κ3) is 4.64. The number of anilines is 1. The standard InChI is InChI=1S/C19H14N4O3S.C2H4O2/c1-11-21-22-19(27-11)23-15(12-5-3-2-4-6-12)14(17(25)18(23)26)16(24)13-7-9-20-10-8-13;1-2(3)4/h2-10,15,24H,1H3;1H3,(H,3,4). The minimum absolute atomic E-state index is 0.0188. The highest BCUT2D eigenvalue weighted by molar-refractivity contribution is 7.15. The first-order chi connectivity index (χ1) is 14.8. The van der Waals surface area contributed by atoms with E-state index in [-0.39, 0.29) is 11.3 Å². The highest BCUT2D eigenvalue weighted by Gasteiger charge is 2.48. The van der Waals surface area contributed by atoms with E-state index in [0.29, 0.717) is 21.3 Å². The lowest BCUT2D eigenvalue weighted by atomic mass is 9.96. The van der Waals surface area contributed by atoms with Crippen LogP contribution in [0, 0.1) is 6.92 Å². The van der Waals surface area contributed by atoms with Crippen LogP contribution in [0.2, 0.25) is 0 Å². The first-order valence-electron chi connectivity index (χ1n) is 9.07. The van der Waals surface area contributed by atoms with E-state index in [1.807, 2.05) is 18.2 Å². The van der Waals surface area contributed by atoms with E-state index in [1.54, 1.807) is 31.2 Å². The van der Waals surface area contributed by atoms with Crippen LogP contribution < -0.4 is 4.90 Å². The van der Waals surface area contributed by atoms with Gasteiger partial charge in [0.1, 0.15) is 10.8 Å². The average molecular weight is 438 g/mol. The Morgan fingerprint density at radius 1 is 1.03 bits per heavy atom. The van der Waals surface area contributed by atoms with Crippen molar-refractivity contribution in [2.75, 3.05) is 4.90 Å². The number of rotatable bonds is 3.